The molecule has 1 aliphatic heterocycles. The molecule has 0 N–H and O–H groups in total. The monoisotopic (exact) mass is 514 g/mol. The molecule has 4 nitrogen and oxygen atoms in total. The molecule has 1 saturated heterocycles. The van der Waals surface area contributed by atoms with Gasteiger partial charge in [-0.25, -0.2) is 0 Å². The average molecular weight is 515 g/mol. The summed E-state index contributed by atoms with van der Waals surface area (Å²) >= 11 is 0. The highest BCUT2D eigenvalue weighted by molar-refractivity contribution is 7.67. The van der Waals surface area contributed by atoms with Crippen molar-refractivity contribution >= 4 is 37.8 Å². The first-order valence-corrected chi connectivity index (χ1v) is 15.5. The fourth-order valence-electron chi connectivity index (χ4n) is 4.52. The molecule has 0 spiro atoms. The van der Waals surface area contributed by atoms with Crippen LogP contribution in [0.1, 0.15) is 0 Å². The van der Waals surface area contributed by atoms with E-state index in [9.17, 15) is 0 Å². The van der Waals surface area contributed by atoms with Gasteiger partial charge in [0.25, 0.3) is 0 Å². The van der Waals surface area contributed by atoms with E-state index in [1.165, 1.54) is 22.0 Å². The Labute approximate surface area is 217 Å². The van der Waals surface area contributed by atoms with Crippen molar-refractivity contribution in [2.75, 3.05) is 49.2 Å². The third-order valence-corrected chi connectivity index (χ3v) is 11.3. The normalized spacial score (nSPS) is 18.3. The predicted molar refractivity (Wildman–Crippen MR) is 156 cm³/mol. The molecule has 0 saturated carbocycles. The van der Waals surface area contributed by atoms with Gasteiger partial charge in [-0.1, -0.05) is 60.7 Å². The molecule has 0 aliphatic carbocycles. The molecular weight excluding hydrogens is 482 g/mol. The van der Waals surface area contributed by atoms with Crippen molar-refractivity contribution in [1.82, 2.24) is 0 Å². The molecule has 184 valence electrons. The molecule has 0 radical (unpaired) electrons. The van der Waals surface area contributed by atoms with E-state index in [-0.39, 0.29) is 0 Å². The molecule has 0 amide bonds. The summed E-state index contributed by atoms with van der Waals surface area (Å²) in [5, 5.41) is 2.88. The summed E-state index contributed by atoms with van der Waals surface area (Å²) in [6.45, 7) is 0. The molecule has 6 heteroatoms. The van der Waals surface area contributed by atoms with E-state index >= 15 is 0 Å². The number of hydrogen-bond donors (Lipinski definition) is 0. The fourth-order valence-corrected chi connectivity index (χ4v) is 9.56. The summed E-state index contributed by atoms with van der Waals surface area (Å²) in [4.78, 5) is 5.23. The van der Waals surface area contributed by atoms with Crippen molar-refractivity contribution in [2.45, 2.75) is 0 Å². The van der Waals surface area contributed by atoms with Crippen LogP contribution in [0, 0.1) is 0 Å². The smallest absolute Gasteiger partial charge is 0.119 e. The van der Waals surface area contributed by atoms with Crippen LogP contribution in [-0.2, 0) is 0 Å². The van der Waals surface area contributed by atoms with Gasteiger partial charge in [-0.2, -0.15) is 0 Å². The number of benzene rings is 4. The van der Waals surface area contributed by atoms with E-state index in [1.54, 1.807) is 14.2 Å². The number of rotatable bonds is 6. The second kappa shape index (κ2) is 11.8. The van der Waals surface area contributed by atoms with Crippen molar-refractivity contribution in [3.05, 3.63) is 109 Å². The molecule has 0 bridgehead atoms. The van der Waals surface area contributed by atoms with Crippen LogP contribution in [0.4, 0.5) is 11.4 Å². The Morgan fingerprint density at radius 3 is 1.11 bits per heavy atom. The summed E-state index contributed by atoms with van der Waals surface area (Å²) in [7, 11) is 2.55. The summed E-state index contributed by atoms with van der Waals surface area (Å²) in [6.07, 6.45) is 4.07. The van der Waals surface area contributed by atoms with Crippen LogP contribution < -0.4 is 29.9 Å². The van der Waals surface area contributed by atoms with Crippen LogP contribution in [0.25, 0.3) is 0 Å². The Kier molecular flexibility index (Phi) is 8.06. The van der Waals surface area contributed by atoms with E-state index in [0.717, 1.165) is 36.6 Å². The minimum Gasteiger partial charge on any atom is -0.497 e. The largest absolute Gasteiger partial charge is 0.497 e. The van der Waals surface area contributed by atoms with Crippen molar-refractivity contribution < 1.29 is 9.47 Å². The molecule has 1 aliphatic rings. The van der Waals surface area contributed by atoms with Gasteiger partial charge < -0.3 is 19.3 Å². The van der Waals surface area contributed by atoms with Gasteiger partial charge in [0.1, 0.15) is 11.5 Å². The van der Waals surface area contributed by atoms with Crippen molar-refractivity contribution in [1.29, 1.82) is 0 Å². The Morgan fingerprint density at radius 1 is 0.472 bits per heavy atom. The molecule has 4 aromatic carbocycles. The van der Waals surface area contributed by atoms with Gasteiger partial charge in [0.15, 0.2) is 0 Å². The van der Waals surface area contributed by atoms with E-state index in [2.05, 4.69) is 119 Å². The third-order valence-electron chi connectivity index (χ3n) is 6.48. The Bertz CT molecular complexity index is 1110. The second-order valence-electron chi connectivity index (χ2n) is 8.79. The van der Waals surface area contributed by atoms with Crippen molar-refractivity contribution in [3.63, 3.8) is 0 Å². The van der Waals surface area contributed by atoms with Crippen molar-refractivity contribution in [3.8, 4) is 11.5 Å². The molecule has 36 heavy (non-hydrogen) atoms. The molecule has 0 atom stereocenters. The average Bonchev–Trinajstić information content (AvgIpc) is 2.94. The summed E-state index contributed by atoms with van der Waals surface area (Å²) in [5.74, 6) is 1.79. The first kappa shape index (κ1) is 24.6. The Hall–Kier alpha value is -3.06. The van der Waals surface area contributed by atoms with Gasteiger partial charge in [0, 0.05) is 36.5 Å². The molecule has 1 fully saturated rings. The quantitative estimate of drug-likeness (QED) is 0.275. The van der Waals surface area contributed by atoms with Crippen LogP contribution in [-0.4, -0.2) is 39.4 Å². The summed E-state index contributed by atoms with van der Waals surface area (Å²) in [6, 6.07) is 39.2. The van der Waals surface area contributed by atoms with Crippen molar-refractivity contribution in [2.24, 2.45) is 0 Å². The first-order chi connectivity index (χ1) is 17.7. The zero-order chi connectivity index (χ0) is 24.7. The lowest BCUT2D eigenvalue weighted by molar-refractivity contribution is 0.414. The highest BCUT2D eigenvalue weighted by atomic mass is 31.1. The maximum absolute atomic E-state index is 5.44. The highest BCUT2D eigenvalue weighted by Gasteiger charge is 2.28. The number of ether oxygens (including phenoxy) is 2. The topological polar surface area (TPSA) is 24.9 Å². The van der Waals surface area contributed by atoms with E-state index in [1.807, 2.05) is 0 Å². The maximum atomic E-state index is 5.44. The zero-order valence-corrected chi connectivity index (χ0v) is 22.6. The van der Waals surface area contributed by atoms with Gasteiger partial charge in [-0.3, -0.25) is 0 Å². The van der Waals surface area contributed by atoms with Gasteiger partial charge in [0.2, 0.25) is 0 Å². The summed E-state index contributed by atoms with van der Waals surface area (Å²) < 4.78 is 10.9. The fraction of sp³-hybridized carbons (Fsp3) is 0.200. The van der Waals surface area contributed by atoms with Crippen LogP contribution >= 0.6 is 15.8 Å². The van der Waals surface area contributed by atoms with E-state index in [0.29, 0.717) is 0 Å². The molecule has 1 heterocycles. The van der Waals surface area contributed by atoms with Crippen LogP contribution in [0.3, 0.4) is 0 Å². The lowest BCUT2D eigenvalue weighted by Crippen LogP contribution is -2.38. The standard InChI is InChI=1S/C30H32N2O2P2/c1-33-27-17-13-25(14-18-27)31-21-35(29-9-5-3-6-10-29)23-32(26-15-19-28(34-2)20-16-26)24-36(22-31)30-11-7-4-8-12-30/h3-20H,21-24H2,1-2H3. The first-order valence-electron chi connectivity index (χ1n) is 12.1. The van der Waals surface area contributed by atoms with E-state index in [4.69, 9.17) is 9.47 Å². The minimum atomic E-state index is -0.447. The molecule has 5 rings (SSSR count). The van der Waals surface area contributed by atoms with Gasteiger partial charge >= 0.3 is 0 Å². The van der Waals surface area contributed by atoms with E-state index < -0.39 is 15.8 Å². The Balaban J connectivity index is 1.53. The molecule has 4 aromatic rings. The molecular formula is C30H32N2O2P2. The number of methoxy groups -OCH3 is 2. The minimum absolute atomic E-state index is 0.447. The molecule has 0 aromatic heterocycles. The highest BCUT2D eigenvalue weighted by Crippen LogP contribution is 2.48. The number of nitrogens with zero attached hydrogens (tertiary/aromatic N) is 2. The van der Waals surface area contributed by atoms with Gasteiger partial charge in [-0.15, -0.1) is 0 Å². The zero-order valence-electron chi connectivity index (χ0n) is 20.8. The molecule has 0 unspecified atom stereocenters. The van der Waals surface area contributed by atoms with Gasteiger partial charge in [0.05, 0.1) is 14.2 Å². The predicted octanol–water partition coefficient (Wildman–Crippen LogP) is 6.48. The van der Waals surface area contributed by atoms with Crippen LogP contribution in [0.2, 0.25) is 0 Å². The third kappa shape index (κ3) is 5.84. The lowest BCUT2D eigenvalue weighted by atomic mass is 10.3. The SMILES string of the molecule is COc1ccc(N2CP(c3ccccc3)CN(c3ccc(OC)cc3)CP(c3ccccc3)C2)cc1. The number of anilines is 2. The van der Waals surface area contributed by atoms with Gasteiger partial charge in [-0.05, 0) is 75.0 Å². The second-order valence-corrected chi connectivity index (χ2v) is 13.1. The summed E-state index contributed by atoms with van der Waals surface area (Å²) in [5.41, 5.74) is 2.53. The van der Waals surface area contributed by atoms with Crippen LogP contribution in [0.5, 0.6) is 11.5 Å². The number of hydrogen-bond acceptors (Lipinski definition) is 4. The maximum Gasteiger partial charge on any atom is 0.119 e. The Morgan fingerprint density at radius 2 is 0.806 bits per heavy atom. The lowest BCUT2D eigenvalue weighted by Gasteiger charge is -2.41. The van der Waals surface area contributed by atoms with Crippen LogP contribution in [0.15, 0.2) is 109 Å².